The molecule has 1 heterocycles. The fraction of sp³-hybridized carbons (Fsp3) is 0.286. The van der Waals surface area contributed by atoms with Crippen molar-refractivity contribution in [1.29, 1.82) is 0 Å². The molecule has 2 amide bonds. The predicted molar refractivity (Wildman–Crippen MR) is 76.1 cm³/mol. The molecule has 0 saturated heterocycles. The van der Waals surface area contributed by atoms with Crippen LogP contribution in [0.3, 0.4) is 0 Å². The van der Waals surface area contributed by atoms with Gasteiger partial charge in [-0.15, -0.1) is 0 Å². The lowest BCUT2D eigenvalue weighted by Crippen LogP contribution is -2.31. The number of primary amides is 1. The monoisotopic (exact) mass is 311 g/mol. The lowest BCUT2D eigenvalue weighted by molar-refractivity contribution is -0.131. The summed E-state index contributed by atoms with van der Waals surface area (Å²) in [6.45, 7) is -0.0341. The number of fused-ring (bicyclic) bond motifs is 1. The fourth-order valence-corrected chi connectivity index (χ4v) is 2.21. The third kappa shape index (κ3) is 3.16. The molecule has 2 rings (SSSR count). The summed E-state index contributed by atoms with van der Waals surface area (Å²) in [4.78, 5) is 25.3. The molecule has 4 N–H and O–H groups in total. The summed E-state index contributed by atoms with van der Waals surface area (Å²) in [6, 6.07) is 5.15. The number of hydrogen-bond donors (Lipinski definition) is 3. The van der Waals surface area contributed by atoms with Gasteiger partial charge in [0.1, 0.15) is 11.4 Å². The highest BCUT2D eigenvalue weighted by molar-refractivity contribution is 6.00. The van der Waals surface area contributed by atoms with E-state index in [4.69, 9.17) is 10.5 Å². The molecule has 0 aliphatic rings. The summed E-state index contributed by atoms with van der Waals surface area (Å²) in [7, 11) is 1.51. The second-order valence-electron chi connectivity index (χ2n) is 4.60. The lowest BCUT2D eigenvalue weighted by Gasteiger charge is -2.06. The van der Waals surface area contributed by atoms with E-state index < -0.39 is 18.2 Å². The minimum absolute atomic E-state index is 0.0341. The molecule has 0 spiro atoms. The first kappa shape index (κ1) is 15.7. The number of H-pyrrole nitrogens is 1. The molecule has 0 unspecified atom stereocenters. The molecular formula is C14H15F2N3O3. The Morgan fingerprint density at radius 1 is 1.41 bits per heavy atom. The summed E-state index contributed by atoms with van der Waals surface area (Å²) < 4.78 is 29.4. The van der Waals surface area contributed by atoms with E-state index in [0.29, 0.717) is 22.2 Å². The van der Waals surface area contributed by atoms with Crippen LogP contribution in [0, 0.1) is 0 Å². The molecular weight excluding hydrogens is 296 g/mol. The van der Waals surface area contributed by atoms with Gasteiger partial charge in [0, 0.05) is 17.4 Å². The summed E-state index contributed by atoms with van der Waals surface area (Å²) in [6.07, 6.45) is -2.89. The zero-order valence-corrected chi connectivity index (χ0v) is 11.8. The van der Waals surface area contributed by atoms with Crippen LogP contribution in [-0.4, -0.2) is 36.9 Å². The van der Waals surface area contributed by atoms with Gasteiger partial charge in [-0.2, -0.15) is 8.78 Å². The number of aromatic nitrogens is 1. The molecule has 0 fully saturated rings. The summed E-state index contributed by atoms with van der Waals surface area (Å²) >= 11 is 0. The predicted octanol–water partition coefficient (Wildman–Crippen LogP) is 1.20. The second-order valence-corrected chi connectivity index (χ2v) is 4.60. The van der Waals surface area contributed by atoms with Crippen molar-refractivity contribution in [3.8, 4) is 5.75 Å². The van der Waals surface area contributed by atoms with Gasteiger partial charge in [0.05, 0.1) is 7.11 Å². The Morgan fingerprint density at radius 3 is 2.73 bits per heavy atom. The van der Waals surface area contributed by atoms with Gasteiger partial charge in [0.15, 0.2) is 0 Å². The standard InChI is InChI=1S/C14H15F2N3O3/c1-22-7-2-3-10-9(6-7)8(11(19-10)13(17)20)4-5-18-14(21)12(15)16/h2-3,6,12,19H,4-5H2,1H3,(H2,17,20)(H,18,21). The molecule has 0 atom stereocenters. The van der Waals surface area contributed by atoms with Gasteiger partial charge < -0.3 is 20.8 Å². The van der Waals surface area contributed by atoms with Crippen molar-refractivity contribution < 1.29 is 23.1 Å². The fourth-order valence-electron chi connectivity index (χ4n) is 2.21. The number of alkyl halides is 2. The van der Waals surface area contributed by atoms with Crippen molar-refractivity contribution in [2.24, 2.45) is 5.73 Å². The quantitative estimate of drug-likeness (QED) is 0.747. The van der Waals surface area contributed by atoms with E-state index in [-0.39, 0.29) is 18.7 Å². The van der Waals surface area contributed by atoms with Crippen LogP contribution >= 0.6 is 0 Å². The third-order valence-corrected chi connectivity index (χ3v) is 3.23. The molecule has 0 bridgehead atoms. The molecule has 0 aliphatic carbocycles. The second kappa shape index (κ2) is 6.42. The molecule has 0 aliphatic heterocycles. The van der Waals surface area contributed by atoms with Crippen LogP contribution in [0.2, 0.25) is 0 Å². The number of benzene rings is 1. The highest BCUT2D eigenvalue weighted by Crippen LogP contribution is 2.26. The number of hydrogen-bond acceptors (Lipinski definition) is 3. The zero-order chi connectivity index (χ0) is 16.3. The van der Waals surface area contributed by atoms with Crippen LogP contribution in [0.25, 0.3) is 10.9 Å². The Hall–Kier alpha value is -2.64. The van der Waals surface area contributed by atoms with Crippen molar-refractivity contribution in [3.05, 3.63) is 29.5 Å². The van der Waals surface area contributed by atoms with Crippen molar-refractivity contribution in [1.82, 2.24) is 10.3 Å². The first-order valence-corrected chi connectivity index (χ1v) is 6.48. The number of carbonyl (C=O) groups is 2. The van der Waals surface area contributed by atoms with Crippen LogP contribution in [0.1, 0.15) is 16.1 Å². The number of rotatable bonds is 6. The first-order valence-electron chi connectivity index (χ1n) is 6.48. The van der Waals surface area contributed by atoms with E-state index in [1.54, 1.807) is 18.2 Å². The topological polar surface area (TPSA) is 97.2 Å². The van der Waals surface area contributed by atoms with Gasteiger partial charge in [-0.25, -0.2) is 0 Å². The zero-order valence-electron chi connectivity index (χ0n) is 11.8. The van der Waals surface area contributed by atoms with E-state index in [9.17, 15) is 18.4 Å². The Kier molecular flexibility index (Phi) is 4.59. The van der Waals surface area contributed by atoms with E-state index >= 15 is 0 Å². The van der Waals surface area contributed by atoms with Crippen molar-refractivity contribution in [3.63, 3.8) is 0 Å². The number of nitrogens with two attached hydrogens (primary N) is 1. The van der Waals surface area contributed by atoms with E-state index in [2.05, 4.69) is 10.3 Å². The molecule has 22 heavy (non-hydrogen) atoms. The number of amides is 2. The van der Waals surface area contributed by atoms with Crippen molar-refractivity contribution in [2.45, 2.75) is 12.8 Å². The molecule has 118 valence electrons. The number of methoxy groups -OCH3 is 1. The average Bonchev–Trinajstić information content (AvgIpc) is 2.85. The van der Waals surface area contributed by atoms with E-state index in [1.165, 1.54) is 7.11 Å². The van der Waals surface area contributed by atoms with Crippen LogP contribution in [0.5, 0.6) is 5.75 Å². The van der Waals surface area contributed by atoms with Crippen molar-refractivity contribution >= 4 is 22.7 Å². The van der Waals surface area contributed by atoms with Crippen LogP contribution in [-0.2, 0) is 11.2 Å². The third-order valence-electron chi connectivity index (χ3n) is 3.23. The molecule has 8 heteroatoms. The normalized spacial score (nSPS) is 10.9. The van der Waals surface area contributed by atoms with Crippen molar-refractivity contribution in [2.75, 3.05) is 13.7 Å². The maximum absolute atomic E-state index is 12.1. The summed E-state index contributed by atoms with van der Waals surface area (Å²) in [5.74, 6) is -1.43. The number of aromatic amines is 1. The largest absolute Gasteiger partial charge is 0.497 e. The maximum atomic E-state index is 12.1. The van der Waals surface area contributed by atoms with Gasteiger partial charge in [-0.3, -0.25) is 9.59 Å². The van der Waals surface area contributed by atoms with Gasteiger partial charge >= 0.3 is 6.43 Å². The van der Waals surface area contributed by atoms with Crippen LogP contribution in [0.4, 0.5) is 8.78 Å². The Bertz CT molecular complexity index is 713. The van der Waals surface area contributed by atoms with Gasteiger partial charge in [0.2, 0.25) is 0 Å². The minimum atomic E-state index is -3.07. The smallest absolute Gasteiger partial charge is 0.315 e. The number of carbonyl (C=O) groups excluding carboxylic acids is 2. The number of halogens is 2. The minimum Gasteiger partial charge on any atom is -0.497 e. The average molecular weight is 311 g/mol. The SMILES string of the molecule is COc1ccc2[nH]c(C(N)=O)c(CCNC(=O)C(F)F)c2c1. The molecule has 0 radical (unpaired) electrons. The highest BCUT2D eigenvalue weighted by atomic mass is 19.3. The molecule has 1 aromatic heterocycles. The van der Waals surface area contributed by atoms with Gasteiger partial charge in [-0.05, 0) is 30.2 Å². The van der Waals surface area contributed by atoms with Crippen LogP contribution in [0.15, 0.2) is 18.2 Å². The Balaban J connectivity index is 2.30. The number of ether oxygens (including phenoxy) is 1. The number of nitrogens with one attached hydrogen (secondary N) is 2. The van der Waals surface area contributed by atoms with E-state index in [1.807, 2.05) is 0 Å². The Labute approximate surface area is 124 Å². The molecule has 6 nitrogen and oxygen atoms in total. The summed E-state index contributed by atoms with van der Waals surface area (Å²) in [5, 5.41) is 2.79. The molecule has 0 saturated carbocycles. The van der Waals surface area contributed by atoms with Gasteiger partial charge in [0.25, 0.3) is 11.8 Å². The van der Waals surface area contributed by atoms with Crippen LogP contribution < -0.4 is 15.8 Å². The maximum Gasteiger partial charge on any atom is 0.315 e. The molecule has 2 aromatic rings. The highest BCUT2D eigenvalue weighted by Gasteiger charge is 2.18. The van der Waals surface area contributed by atoms with Gasteiger partial charge in [-0.1, -0.05) is 0 Å². The lowest BCUT2D eigenvalue weighted by atomic mass is 10.1. The molecule has 1 aromatic carbocycles. The summed E-state index contributed by atoms with van der Waals surface area (Å²) in [5.41, 5.74) is 6.73. The Morgan fingerprint density at radius 2 is 2.14 bits per heavy atom. The van der Waals surface area contributed by atoms with E-state index in [0.717, 1.165) is 0 Å². The first-order chi connectivity index (χ1) is 10.4.